The van der Waals surface area contributed by atoms with E-state index in [0.717, 1.165) is 34.8 Å². The number of sulfone groups is 1. The van der Waals surface area contributed by atoms with Crippen LogP contribution < -0.4 is 5.32 Å². The molecule has 0 saturated carbocycles. The highest BCUT2D eigenvalue weighted by Gasteiger charge is 2.18. The molecule has 2 aromatic carbocycles. The predicted octanol–water partition coefficient (Wildman–Crippen LogP) is 3.47. The normalized spacial score (nSPS) is 11.4. The second kappa shape index (κ2) is 8.04. The number of benzene rings is 2. The van der Waals surface area contributed by atoms with Crippen molar-refractivity contribution >= 4 is 21.2 Å². The molecule has 0 unspecified atom stereocenters. The average Bonchev–Trinajstić information content (AvgIpc) is 2.96. The minimum Gasteiger partial charge on any atom is -0.375 e. The van der Waals surface area contributed by atoms with Gasteiger partial charge in [0.15, 0.2) is 9.84 Å². The number of anilines is 1. The monoisotopic (exact) mass is 414 g/mol. The predicted molar refractivity (Wildman–Crippen MR) is 111 cm³/mol. The first kappa shape index (κ1) is 20.5. The molecule has 8 nitrogen and oxygen atoms in total. The third-order valence-electron chi connectivity index (χ3n) is 4.50. The van der Waals surface area contributed by atoms with Gasteiger partial charge in [-0.15, -0.1) is 0 Å². The Labute approximate surface area is 169 Å². The zero-order chi connectivity index (χ0) is 21.2. The maximum absolute atomic E-state index is 11.7. The topological polar surface area (TPSA) is 107 Å². The molecule has 1 aromatic heterocycles. The summed E-state index contributed by atoms with van der Waals surface area (Å²) in [5, 5.41) is 18.9. The van der Waals surface area contributed by atoms with Gasteiger partial charge in [-0.2, -0.15) is 5.10 Å². The molecule has 0 bridgehead atoms. The second-order valence-corrected chi connectivity index (χ2v) is 8.98. The lowest BCUT2D eigenvalue weighted by Gasteiger charge is -2.10. The fraction of sp³-hybridized carbons (Fsp3) is 0.250. The molecule has 0 aliphatic rings. The van der Waals surface area contributed by atoms with E-state index < -0.39 is 14.8 Å². The van der Waals surface area contributed by atoms with Crippen molar-refractivity contribution in [1.82, 2.24) is 9.78 Å². The molecule has 0 atom stereocenters. The summed E-state index contributed by atoms with van der Waals surface area (Å²) in [5.41, 5.74) is 4.05. The van der Waals surface area contributed by atoms with Crippen molar-refractivity contribution in [1.29, 1.82) is 0 Å². The van der Waals surface area contributed by atoms with Crippen molar-refractivity contribution in [2.24, 2.45) is 0 Å². The lowest BCUT2D eigenvalue weighted by atomic mass is 10.1. The van der Waals surface area contributed by atoms with Crippen molar-refractivity contribution in [3.63, 3.8) is 0 Å². The van der Waals surface area contributed by atoms with E-state index >= 15 is 0 Å². The van der Waals surface area contributed by atoms with Crippen LogP contribution in [0.15, 0.2) is 53.4 Å². The summed E-state index contributed by atoms with van der Waals surface area (Å²) in [7, 11) is -3.52. The summed E-state index contributed by atoms with van der Waals surface area (Å²) in [4.78, 5) is 10.7. The first-order chi connectivity index (χ1) is 13.6. The molecule has 0 radical (unpaired) electrons. The van der Waals surface area contributed by atoms with Gasteiger partial charge in [-0.3, -0.25) is 14.8 Å². The standard InChI is InChI=1S/C20H22N4O4S/c1-14-9-15(2)23(22-14)13-17-6-4-5-16(10-17)12-21-19-8-7-18(29(3,27)28)11-20(19)24(25)26/h4-11,21H,12-13H2,1-3H3. The molecule has 152 valence electrons. The Kier molecular flexibility index (Phi) is 5.69. The molecule has 1 heterocycles. The van der Waals surface area contributed by atoms with Crippen molar-refractivity contribution < 1.29 is 13.3 Å². The van der Waals surface area contributed by atoms with Gasteiger partial charge in [0.1, 0.15) is 5.69 Å². The fourth-order valence-corrected chi connectivity index (χ4v) is 3.73. The van der Waals surface area contributed by atoms with Crippen molar-refractivity contribution in [2.45, 2.75) is 31.8 Å². The van der Waals surface area contributed by atoms with Gasteiger partial charge in [0.25, 0.3) is 5.69 Å². The molecule has 3 rings (SSSR count). The number of aromatic nitrogens is 2. The number of nitrogens with zero attached hydrogens (tertiary/aromatic N) is 3. The Morgan fingerprint density at radius 3 is 2.45 bits per heavy atom. The molecular weight excluding hydrogens is 392 g/mol. The third kappa shape index (κ3) is 5.00. The quantitative estimate of drug-likeness (QED) is 0.469. The molecule has 29 heavy (non-hydrogen) atoms. The van der Waals surface area contributed by atoms with Gasteiger partial charge in [-0.1, -0.05) is 24.3 Å². The maximum Gasteiger partial charge on any atom is 0.293 e. The summed E-state index contributed by atoms with van der Waals surface area (Å²) >= 11 is 0. The van der Waals surface area contributed by atoms with E-state index in [1.54, 1.807) is 0 Å². The van der Waals surface area contributed by atoms with Crippen LogP contribution >= 0.6 is 0 Å². The van der Waals surface area contributed by atoms with Gasteiger partial charge in [-0.25, -0.2) is 8.42 Å². The van der Waals surface area contributed by atoms with Gasteiger partial charge >= 0.3 is 0 Å². The molecular formula is C20H22N4O4S. The SMILES string of the molecule is Cc1cc(C)n(Cc2cccc(CNc3ccc(S(C)(=O)=O)cc3[N+](=O)[O-])c2)n1. The molecule has 0 aliphatic heterocycles. The van der Waals surface area contributed by atoms with Crippen molar-refractivity contribution in [3.05, 3.63) is 81.2 Å². The summed E-state index contributed by atoms with van der Waals surface area (Å²) < 4.78 is 25.2. The molecule has 9 heteroatoms. The van der Waals surface area contributed by atoms with Crippen LogP contribution in [0, 0.1) is 24.0 Å². The van der Waals surface area contributed by atoms with Gasteiger partial charge in [0, 0.05) is 24.6 Å². The second-order valence-electron chi connectivity index (χ2n) is 6.97. The van der Waals surface area contributed by atoms with E-state index in [4.69, 9.17) is 0 Å². The van der Waals surface area contributed by atoms with Crippen LogP contribution in [0.5, 0.6) is 0 Å². The lowest BCUT2D eigenvalue weighted by Crippen LogP contribution is -2.07. The maximum atomic E-state index is 11.7. The Morgan fingerprint density at radius 1 is 1.10 bits per heavy atom. The highest BCUT2D eigenvalue weighted by molar-refractivity contribution is 7.90. The average molecular weight is 414 g/mol. The number of hydrogen-bond donors (Lipinski definition) is 1. The van der Waals surface area contributed by atoms with E-state index in [-0.39, 0.29) is 16.3 Å². The first-order valence-corrected chi connectivity index (χ1v) is 10.8. The van der Waals surface area contributed by atoms with Gasteiger partial charge in [0.05, 0.1) is 22.1 Å². The van der Waals surface area contributed by atoms with Crippen LogP contribution in [0.25, 0.3) is 0 Å². The highest BCUT2D eigenvalue weighted by atomic mass is 32.2. The van der Waals surface area contributed by atoms with Gasteiger partial charge < -0.3 is 5.32 Å². The Bertz CT molecular complexity index is 1170. The Morgan fingerprint density at radius 2 is 1.83 bits per heavy atom. The van der Waals surface area contributed by atoms with E-state index in [9.17, 15) is 18.5 Å². The van der Waals surface area contributed by atoms with E-state index in [1.807, 2.05) is 48.9 Å². The smallest absolute Gasteiger partial charge is 0.293 e. The Balaban J connectivity index is 1.78. The number of nitro benzene ring substituents is 1. The summed E-state index contributed by atoms with van der Waals surface area (Å²) in [6.45, 7) is 4.96. The largest absolute Gasteiger partial charge is 0.375 e. The number of aryl methyl sites for hydroxylation is 2. The summed E-state index contributed by atoms with van der Waals surface area (Å²) in [6.07, 6.45) is 1.02. The minimum absolute atomic E-state index is 0.0818. The van der Waals surface area contributed by atoms with E-state index in [2.05, 4.69) is 10.4 Å². The van der Waals surface area contributed by atoms with Crippen molar-refractivity contribution in [2.75, 3.05) is 11.6 Å². The molecule has 3 aromatic rings. The van der Waals surface area contributed by atoms with Crippen LogP contribution in [0.1, 0.15) is 22.5 Å². The molecule has 0 fully saturated rings. The summed E-state index contributed by atoms with van der Waals surface area (Å²) in [6, 6.07) is 13.8. The number of nitro groups is 1. The first-order valence-electron chi connectivity index (χ1n) is 8.95. The van der Waals surface area contributed by atoms with E-state index in [1.165, 1.54) is 12.1 Å². The minimum atomic E-state index is -3.52. The van der Waals surface area contributed by atoms with Crippen LogP contribution in [-0.4, -0.2) is 29.4 Å². The van der Waals surface area contributed by atoms with Gasteiger partial charge in [0.2, 0.25) is 0 Å². The zero-order valence-electron chi connectivity index (χ0n) is 16.4. The van der Waals surface area contributed by atoms with Crippen LogP contribution in [-0.2, 0) is 22.9 Å². The molecule has 0 amide bonds. The van der Waals surface area contributed by atoms with Gasteiger partial charge in [-0.05, 0) is 43.2 Å². The number of rotatable bonds is 7. The van der Waals surface area contributed by atoms with Crippen LogP contribution in [0.2, 0.25) is 0 Å². The van der Waals surface area contributed by atoms with Crippen molar-refractivity contribution in [3.8, 4) is 0 Å². The lowest BCUT2D eigenvalue weighted by molar-refractivity contribution is -0.384. The van der Waals surface area contributed by atoms with Crippen LogP contribution in [0.3, 0.4) is 0 Å². The number of hydrogen-bond acceptors (Lipinski definition) is 6. The van der Waals surface area contributed by atoms with E-state index in [0.29, 0.717) is 13.1 Å². The number of nitrogens with one attached hydrogen (secondary N) is 1. The molecule has 0 spiro atoms. The van der Waals surface area contributed by atoms with Crippen LogP contribution in [0.4, 0.5) is 11.4 Å². The molecule has 0 aliphatic carbocycles. The highest BCUT2D eigenvalue weighted by Crippen LogP contribution is 2.28. The molecule has 1 N–H and O–H groups in total. The Hall–Kier alpha value is -3.20. The fourth-order valence-electron chi connectivity index (χ4n) is 3.09. The zero-order valence-corrected chi connectivity index (χ0v) is 17.2. The molecule has 0 saturated heterocycles. The third-order valence-corrected chi connectivity index (χ3v) is 5.61. The summed E-state index contributed by atoms with van der Waals surface area (Å²) in [5.74, 6) is 0.